The minimum absolute atomic E-state index is 0.124. The molecular formula is C12H20N2O3. The Morgan fingerprint density at radius 3 is 2.41 bits per heavy atom. The maximum atomic E-state index is 11.8. The number of carbonyl (C=O) groups is 2. The second-order valence-corrected chi connectivity index (χ2v) is 3.87. The molecular weight excluding hydrogens is 220 g/mol. The van der Waals surface area contributed by atoms with Gasteiger partial charge in [0.15, 0.2) is 0 Å². The summed E-state index contributed by atoms with van der Waals surface area (Å²) in [4.78, 5) is 24.2. The molecule has 0 aliphatic carbocycles. The number of carboxylic acids is 1. The molecule has 0 spiro atoms. The van der Waals surface area contributed by atoms with Gasteiger partial charge in [-0.2, -0.15) is 0 Å². The van der Waals surface area contributed by atoms with Crippen LogP contribution >= 0.6 is 0 Å². The topological polar surface area (TPSA) is 69.6 Å². The van der Waals surface area contributed by atoms with E-state index in [4.69, 9.17) is 11.5 Å². The van der Waals surface area contributed by atoms with Crippen LogP contribution < -0.4 is 5.32 Å². The number of hydrogen-bond acceptors (Lipinski definition) is 2. The van der Waals surface area contributed by atoms with E-state index in [1.165, 1.54) is 4.90 Å². The van der Waals surface area contributed by atoms with Crippen LogP contribution in [0.15, 0.2) is 0 Å². The fraction of sp³-hybridized carbons (Fsp3) is 0.667. The minimum Gasteiger partial charge on any atom is -0.480 e. The van der Waals surface area contributed by atoms with Gasteiger partial charge in [0, 0.05) is 6.54 Å². The molecule has 0 bridgehead atoms. The molecule has 17 heavy (non-hydrogen) atoms. The molecule has 2 atom stereocenters. The smallest absolute Gasteiger partial charge is 0.326 e. The van der Waals surface area contributed by atoms with Crippen molar-refractivity contribution in [2.45, 2.75) is 33.2 Å². The van der Waals surface area contributed by atoms with Crippen LogP contribution in [0.3, 0.4) is 0 Å². The van der Waals surface area contributed by atoms with Crippen molar-refractivity contribution in [1.29, 1.82) is 0 Å². The summed E-state index contributed by atoms with van der Waals surface area (Å²) in [5, 5.41) is 11.5. The monoisotopic (exact) mass is 240 g/mol. The summed E-state index contributed by atoms with van der Waals surface area (Å²) in [5.74, 6) is 1.22. The van der Waals surface area contributed by atoms with E-state index in [1.54, 1.807) is 13.8 Å². The fourth-order valence-electron chi connectivity index (χ4n) is 1.34. The van der Waals surface area contributed by atoms with Crippen molar-refractivity contribution in [1.82, 2.24) is 10.2 Å². The van der Waals surface area contributed by atoms with Gasteiger partial charge < -0.3 is 15.3 Å². The molecule has 0 radical (unpaired) electrons. The lowest BCUT2D eigenvalue weighted by molar-refractivity contribution is -0.140. The second-order valence-electron chi connectivity index (χ2n) is 3.87. The number of rotatable bonds is 6. The van der Waals surface area contributed by atoms with E-state index in [0.29, 0.717) is 13.0 Å². The molecule has 0 rings (SSSR count). The predicted octanol–water partition coefficient (Wildman–Crippen LogP) is 1.15. The molecule has 0 heterocycles. The number of nitrogens with one attached hydrogen (secondary N) is 1. The summed E-state index contributed by atoms with van der Waals surface area (Å²) in [6.07, 6.45) is 5.81. The third-order valence-corrected chi connectivity index (χ3v) is 2.71. The van der Waals surface area contributed by atoms with Crippen molar-refractivity contribution in [2.24, 2.45) is 5.92 Å². The third kappa shape index (κ3) is 4.77. The highest BCUT2D eigenvalue weighted by Gasteiger charge is 2.26. The Kier molecular flexibility index (Phi) is 6.80. The summed E-state index contributed by atoms with van der Waals surface area (Å²) >= 11 is 0. The third-order valence-electron chi connectivity index (χ3n) is 2.71. The zero-order valence-electron chi connectivity index (χ0n) is 10.6. The van der Waals surface area contributed by atoms with Crippen molar-refractivity contribution in [3.8, 4) is 12.3 Å². The quantitative estimate of drug-likeness (QED) is 0.684. The number of nitrogens with zero attached hydrogens (tertiary/aromatic N) is 1. The molecule has 96 valence electrons. The lowest BCUT2D eigenvalue weighted by Crippen LogP contribution is -2.50. The maximum Gasteiger partial charge on any atom is 0.326 e. The first-order chi connectivity index (χ1) is 7.97. The van der Waals surface area contributed by atoms with Gasteiger partial charge in [-0.05, 0) is 12.8 Å². The summed E-state index contributed by atoms with van der Waals surface area (Å²) in [7, 11) is 0. The van der Waals surface area contributed by atoms with Gasteiger partial charge in [-0.25, -0.2) is 9.59 Å². The average Bonchev–Trinajstić information content (AvgIpc) is 2.31. The Hall–Kier alpha value is -1.70. The summed E-state index contributed by atoms with van der Waals surface area (Å²) in [6.45, 7) is 6.08. The molecule has 0 aromatic rings. The van der Waals surface area contributed by atoms with E-state index in [9.17, 15) is 9.59 Å². The van der Waals surface area contributed by atoms with Crippen LogP contribution in [0.2, 0.25) is 0 Å². The van der Waals surface area contributed by atoms with E-state index in [-0.39, 0.29) is 12.5 Å². The molecule has 0 aromatic heterocycles. The summed E-state index contributed by atoms with van der Waals surface area (Å²) in [6, 6.07) is -1.31. The van der Waals surface area contributed by atoms with Crippen LogP contribution in [0.4, 0.5) is 4.79 Å². The lowest BCUT2D eigenvalue weighted by Gasteiger charge is -2.25. The first-order valence-electron chi connectivity index (χ1n) is 5.69. The van der Waals surface area contributed by atoms with E-state index in [2.05, 4.69) is 11.2 Å². The van der Waals surface area contributed by atoms with Gasteiger partial charge in [0.2, 0.25) is 0 Å². The normalized spacial score (nSPS) is 13.3. The molecule has 2 N–H and O–H groups in total. The van der Waals surface area contributed by atoms with Gasteiger partial charge >= 0.3 is 12.0 Å². The highest BCUT2D eigenvalue weighted by molar-refractivity contribution is 5.82. The Morgan fingerprint density at radius 1 is 1.47 bits per heavy atom. The molecule has 5 nitrogen and oxygen atoms in total. The van der Waals surface area contributed by atoms with Crippen LogP contribution in [-0.2, 0) is 4.79 Å². The average molecular weight is 240 g/mol. The second kappa shape index (κ2) is 7.55. The first-order valence-corrected chi connectivity index (χ1v) is 5.69. The van der Waals surface area contributed by atoms with Crippen molar-refractivity contribution in [2.75, 3.05) is 13.1 Å². The maximum absolute atomic E-state index is 11.8. The van der Waals surface area contributed by atoms with Gasteiger partial charge in [-0.3, -0.25) is 0 Å². The number of urea groups is 1. The lowest BCUT2D eigenvalue weighted by atomic mass is 9.99. The van der Waals surface area contributed by atoms with Crippen molar-refractivity contribution >= 4 is 12.0 Å². The molecule has 0 saturated heterocycles. The van der Waals surface area contributed by atoms with E-state index >= 15 is 0 Å². The highest BCUT2D eigenvalue weighted by Crippen LogP contribution is 2.08. The number of carbonyl (C=O) groups excluding carboxylic acids is 1. The molecule has 0 aliphatic heterocycles. The minimum atomic E-state index is -1.02. The van der Waals surface area contributed by atoms with Crippen LogP contribution in [-0.4, -0.2) is 41.1 Å². The van der Waals surface area contributed by atoms with E-state index < -0.39 is 18.0 Å². The number of aliphatic carboxylic acids is 1. The molecule has 0 aromatic carbocycles. The molecule has 0 aliphatic rings. The van der Waals surface area contributed by atoms with Gasteiger partial charge in [0.05, 0.1) is 6.54 Å². The van der Waals surface area contributed by atoms with Crippen molar-refractivity contribution in [3.05, 3.63) is 0 Å². The Balaban J connectivity index is 4.60. The fourth-order valence-corrected chi connectivity index (χ4v) is 1.34. The van der Waals surface area contributed by atoms with E-state index in [1.807, 2.05) is 6.92 Å². The zero-order valence-corrected chi connectivity index (χ0v) is 10.6. The highest BCUT2D eigenvalue weighted by atomic mass is 16.4. The van der Waals surface area contributed by atoms with Crippen molar-refractivity contribution in [3.63, 3.8) is 0 Å². The predicted molar refractivity (Wildman–Crippen MR) is 65.5 cm³/mol. The Morgan fingerprint density at radius 2 is 2.06 bits per heavy atom. The molecule has 2 amide bonds. The van der Waals surface area contributed by atoms with E-state index in [0.717, 1.165) is 0 Å². The van der Waals surface area contributed by atoms with Crippen LogP contribution in [0.1, 0.15) is 27.2 Å². The van der Waals surface area contributed by atoms with Crippen LogP contribution in [0.5, 0.6) is 0 Å². The zero-order chi connectivity index (χ0) is 13.4. The summed E-state index contributed by atoms with van der Waals surface area (Å²) < 4.78 is 0. The standard InChI is InChI=1S/C12H20N2O3/c1-5-8-14(7-3)12(17)13-10(11(15)16)9(4)6-2/h1,9-10H,6-8H2,2-4H3,(H,13,17)(H,15,16)/t9?,10-/m0/s1. The van der Waals surface area contributed by atoms with Gasteiger partial charge in [0.1, 0.15) is 6.04 Å². The first kappa shape index (κ1) is 15.3. The Labute approximate surface area is 102 Å². The number of terminal acetylenes is 1. The summed E-state index contributed by atoms with van der Waals surface area (Å²) in [5.41, 5.74) is 0. The number of carboxylic acid groups (broad SMARTS) is 1. The molecule has 0 fully saturated rings. The molecule has 5 heteroatoms. The van der Waals surface area contributed by atoms with Crippen LogP contribution in [0, 0.1) is 18.3 Å². The van der Waals surface area contributed by atoms with Crippen LogP contribution in [0.25, 0.3) is 0 Å². The molecule has 1 unspecified atom stereocenters. The molecule has 0 saturated carbocycles. The van der Waals surface area contributed by atoms with Crippen molar-refractivity contribution < 1.29 is 14.7 Å². The van der Waals surface area contributed by atoms with Gasteiger partial charge in [0.25, 0.3) is 0 Å². The number of hydrogen-bond donors (Lipinski definition) is 2. The Bertz CT molecular complexity index is 309. The van der Waals surface area contributed by atoms with Gasteiger partial charge in [-0.15, -0.1) is 6.42 Å². The SMILES string of the molecule is C#CCN(CC)C(=O)N[C@H](C(=O)O)C(C)CC. The largest absolute Gasteiger partial charge is 0.480 e. The van der Waals surface area contributed by atoms with Gasteiger partial charge in [-0.1, -0.05) is 26.2 Å². The number of amides is 2.